The monoisotopic (exact) mass is 254 g/mol. The van der Waals surface area contributed by atoms with Crippen molar-refractivity contribution < 1.29 is 13.6 Å². The summed E-state index contributed by atoms with van der Waals surface area (Å²) in [6.45, 7) is 3.66. The molecule has 3 nitrogen and oxygen atoms in total. The van der Waals surface area contributed by atoms with E-state index >= 15 is 0 Å². The summed E-state index contributed by atoms with van der Waals surface area (Å²) in [7, 11) is 0. The first-order valence-corrected chi connectivity index (χ1v) is 6.04. The number of halogens is 2. The number of hydrogen-bond donors (Lipinski definition) is 1. The summed E-state index contributed by atoms with van der Waals surface area (Å²) >= 11 is 0. The second-order valence-electron chi connectivity index (χ2n) is 4.48. The zero-order valence-electron chi connectivity index (χ0n) is 10.1. The van der Waals surface area contributed by atoms with E-state index in [2.05, 4.69) is 5.32 Å². The van der Waals surface area contributed by atoms with E-state index in [1.165, 1.54) is 0 Å². The molecule has 0 atom stereocenters. The van der Waals surface area contributed by atoms with Crippen molar-refractivity contribution in [3.8, 4) is 0 Å². The molecule has 0 aliphatic carbocycles. The average molecular weight is 254 g/mol. The van der Waals surface area contributed by atoms with Crippen molar-refractivity contribution in [2.24, 2.45) is 0 Å². The number of hydrogen-bond acceptors (Lipinski definition) is 3. The first-order chi connectivity index (χ1) is 8.65. The van der Waals surface area contributed by atoms with Gasteiger partial charge in [0.15, 0.2) is 5.78 Å². The Morgan fingerprint density at radius 2 is 2.00 bits per heavy atom. The van der Waals surface area contributed by atoms with Crippen molar-refractivity contribution in [1.82, 2.24) is 10.2 Å². The second-order valence-corrected chi connectivity index (χ2v) is 4.48. The molecule has 0 bridgehead atoms. The number of nitrogens with one attached hydrogen (secondary N) is 1. The lowest BCUT2D eigenvalue weighted by Crippen LogP contribution is -2.45. The fourth-order valence-electron chi connectivity index (χ4n) is 2.07. The molecule has 98 valence electrons. The maximum Gasteiger partial charge on any atom is 0.151 e. The van der Waals surface area contributed by atoms with Gasteiger partial charge in [-0.15, -0.1) is 0 Å². The van der Waals surface area contributed by atoms with Gasteiger partial charge in [0.05, 0.1) is 6.54 Å². The Morgan fingerprint density at radius 3 is 2.72 bits per heavy atom. The fraction of sp³-hybridized carbons (Fsp3) is 0.462. The number of carbonyl (C=O) groups is 1. The van der Waals surface area contributed by atoms with E-state index in [1.54, 1.807) is 0 Å². The van der Waals surface area contributed by atoms with Crippen LogP contribution >= 0.6 is 0 Å². The Hall–Kier alpha value is -1.33. The summed E-state index contributed by atoms with van der Waals surface area (Å²) in [5, 5.41) is 3.19. The van der Waals surface area contributed by atoms with Crippen LogP contribution in [0.25, 0.3) is 0 Å². The van der Waals surface area contributed by atoms with Gasteiger partial charge in [0.2, 0.25) is 0 Å². The lowest BCUT2D eigenvalue weighted by atomic mass is 10.1. The molecule has 1 fully saturated rings. The van der Waals surface area contributed by atoms with Gasteiger partial charge >= 0.3 is 0 Å². The van der Waals surface area contributed by atoms with Gasteiger partial charge in [0.1, 0.15) is 11.6 Å². The molecular formula is C13H16F2N2O. The van der Waals surface area contributed by atoms with Crippen LogP contribution in [0.1, 0.15) is 5.56 Å². The molecule has 0 spiro atoms. The van der Waals surface area contributed by atoms with Crippen LogP contribution in [-0.4, -0.2) is 43.4 Å². The third-order valence-corrected chi connectivity index (χ3v) is 3.00. The summed E-state index contributed by atoms with van der Waals surface area (Å²) in [4.78, 5) is 13.8. The zero-order valence-corrected chi connectivity index (χ0v) is 10.1. The van der Waals surface area contributed by atoms with Gasteiger partial charge in [0.25, 0.3) is 0 Å². The Labute approximate surface area is 105 Å². The smallest absolute Gasteiger partial charge is 0.151 e. The number of carbonyl (C=O) groups excluding carboxylic acids is 1. The molecule has 1 aromatic rings. The zero-order chi connectivity index (χ0) is 13.0. The number of benzene rings is 1. The van der Waals surface area contributed by atoms with E-state index in [-0.39, 0.29) is 17.8 Å². The van der Waals surface area contributed by atoms with Gasteiger partial charge in [0, 0.05) is 32.6 Å². The molecule has 0 amide bonds. The molecule has 0 saturated carbocycles. The number of nitrogens with zero attached hydrogens (tertiary/aromatic N) is 1. The van der Waals surface area contributed by atoms with Crippen molar-refractivity contribution >= 4 is 5.78 Å². The molecule has 1 aromatic carbocycles. The van der Waals surface area contributed by atoms with Crippen molar-refractivity contribution in [2.45, 2.75) is 6.42 Å². The van der Waals surface area contributed by atoms with Crippen molar-refractivity contribution in [3.05, 3.63) is 35.4 Å². The van der Waals surface area contributed by atoms with Gasteiger partial charge in [-0.1, -0.05) is 0 Å². The summed E-state index contributed by atoms with van der Waals surface area (Å²) < 4.78 is 26.3. The predicted octanol–water partition coefficient (Wildman–Crippen LogP) is 0.982. The number of rotatable bonds is 4. The van der Waals surface area contributed by atoms with Gasteiger partial charge in [-0.3, -0.25) is 9.69 Å². The van der Waals surface area contributed by atoms with Crippen LogP contribution in [0, 0.1) is 11.6 Å². The molecule has 1 aliphatic heterocycles. The lowest BCUT2D eigenvalue weighted by Gasteiger charge is -2.26. The molecule has 1 heterocycles. The molecule has 2 rings (SSSR count). The molecule has 1 saturated heterocycles. The first-order valence-electron chi connectivity index (χ1n) is 6.04. The van der Waals surface area contributed by atoms with Gasteiger partial charge < -0.3 is 5.32 Å². The first kappa shape index (κ1) is 13.1. The summed E-state index contributed by atoms with van der Waals surface area (Å²) in [6, 6.07) is 3.20. The highest BCUT2D eigenvalue weighted by molar-refractivity contribution is 5.82. The minimum absolute atomic E-state index is 0.0481. The maximum atomic E-state index is 13.4. The Kier molecular flexibility index (Phi) is 4.38. The maximum absolute atomic E-state index is 13.4. The third-order valence-electron chi connectivity index (χ3n) is 3.00. The highest BCUT2D eigenvalue weighted by atomic mass is 19.1. The predicted molar refractivity (Wildman–Crippen MR) is 64.4 cm³/mol. The highest BCUT2D eigenvalue weighted by Crippen LogP contribution is 2.11. The molecule has 18 heavy (non-hydrogen) atoms. The molecule has 1 aliphatic rings. The van der Waals surface area contributed by atoms with Crippen molar-refractivity contribution in [2.75, 3.05) is 32.7 Å². The van der Waals surface area contributed by atoms with E-state index in [1.807, 2.05) is 4.90 Å². The topological polar surface area (TPSA) is 32.3 Å². The van der Waals surface area contributed by atoms with Gasteiger partial charge in [-0.25, -0.2) is 8.78 Å². The normalized spacial score (nSPS) is 16.8. The SMILES string of the molecule is O=C(Cc1cc(F)ccc1F)CN1CCNCC1. The Morgan fingerprint density at radius 1 is 1.28 bits per heavy atom. The van der Waals surface area contributed by atoms with Crippen molar-refractivity contribution in [3.63, 3.8) is 0 Å². The van der Waals surface area contributed by atoms with Crippen LogP contribution in [0.2, 0.25) is 0 Å². The number of Topliss-reactive ketones (excluding diaryl/α,β-unsaturated/α-hetero) is 1. The van der Waals surface area contributed by atoms with E-state index in [9.17, 15) is 13.6 Å². The Balaban J connectivity index is 1.92. The van der Waals surface area contributed by atoms with Crippen molar-refractivity contribution in [1.29, 1.82) is 0 Å². The lowest BCUT2D eigenvalue weighted by molar-refractivity contribution is -0.119. The molecule has 0 radical (unpaired) electrons. The molecule has 0 unspecified atom stereocenters. The fourth-order valence-corrected chi connectivity index (χ4v) is 2.07. The van der Waals surface area contributed by atoms with Crippen LogP contribution < -0.4 is 5.32 Å². The van der Waals surface area contributed by atoms with E-state index in [0.29, 0.717) is 6.54 Å². The number of piperazine rings is 1. The van der Waals surface area contributed by atoms with Crippen LogP contribution in [-0.2, 0) is 11.2 Å². The Bertz CT molecular complexity index is 431. The quantitative estimate of drug-likeness (QED) is 0.869. The standard InChI is InChI=1S/C13H16F2N2O/c14-11-1-2-13(15)10(7-11)8-12(18)9-17-5-3-16-4-6-17/h1-2,7,16H,3-6,8-9H2. The molecular weight excluding hydrogens is 238 g/mol. The van der Waals surface area contributed by atoms with Crippen LogP contribution in [0.3, 0.4) is 0 Å². The number of ketones is 1. The van der Waals surface area contributed by atoms with E-state index in [4.69, 9.17) is 0 Å². The van der Waals surface area contributed by atoms with Gasteiger partial charge in [-0.05, 0) is 23.8 Å². The second kappa shape index (κ2) is 6.02. The molecule has 1 N–H and O–H groups in total. The molecule has 0 aromatic heterocycles. The minimum Gasteiger partial charge on any atom is -0.314 e. The third kappa shape index (κ3) is 3.58. The largest absolute Gasteiger partial charge is 0.314 e. The minimum atomic E-state index is -0.523. The summed E-state index contributed by atoms with van der Waals surface area (Å²) in [6.07, 6.45) is -0.0481. The highest BCUT2D eigenvalue weighted by Gasteiger charge is 2.15. The summed E-state index contributed by atoms with van der Waals surface area (Å²) in [5.41, 5.74) is 0.134. The van der Waals surface area contributed by atoms with E-state index < -0.39 is 11.6 Å². The van der Waals surface area contributed by atoms with Crippen LogP contribution in [0.5, 0.6) is 0 Å². The molecule has 5 heteroatoms. The van der Waals surface area contributed by atoms with Crippen LogP contribution in [0.15, 0.2) is 18.2 Å². The van der Waals surface area contributed by atoms with Gasteiger partial charge in [-0.2, -0.15) is 0 Å². The average Bonchev–Trinajstić information content (AvgIpc) is 2.35. The van der Waals surface area contributed by atoms with Crippen LogP contribution in [0.4, 0.5) is 8.78 Å². The van der Waals surface area contributed by atoms with E-state index in [0.717, 1.165) is 44.4 Å². The summed E-state index contributed by atoms with van der Waals surface area (Å²) in [5.74, 6) is -1.12.